The van der Waals surface area contributed by atoms with E-state index >= 15 is 0 Å². The van der Waals surface area contributed by atoms with Crippen molar-refractivity contribution in [1.29, 1.82) is 0 Å². The summed E-state index contributed by atoms with van der Waals surface area (Å²) in [5.41, 5.74) is 0. The second-order valence-corrected chi connectivity index (χ2v) is 5.57. The van der Waals surface area contributed by atoms with Gasteiger partial charge in [-0.1, -0.05) is 11.3 Å². The molecule has 1 aromatic rings. The van der Waals surface area contributed by atoms with E-state index in [1.165, 1.54) is 12.8 Å². The van der Waals surface area contributed by atoms with Crippen LogP contribution < -0.4 is 5.32 Å². The van der Waals surface area contributed by atoms with E-state index in [0.29, 0.717) is 0 Å². The predicted octanol–water partition coefficient (Wildman–Crippen LogP) is 1.44. The van der Waals surface area contributed by atoms with Gasteiger partial charge in [-0.3, -0.25) is 4.90 Å². The van der Waals surface area contributed by atoms with Crippen LogP contribution in [0.25, 0.3) is 0 Å². The molecule has 1 N–H and O–H groups in total. The lowest BCUT2D eigenvalue weighted by atomic mass is 10.00. The van der Waals surface area contributed by atoms with Gasteiger partial charge >= 0.3 is 0 Å². The summed E-state index contributed by atoms with van der Waals surface area (Å²) in [5.74, 6) is 0.769. The highest BCUT2D eigenvalue weighted by Crippen LogP contribution is 2.19. The van der Waals surface area contributed by atoms with Gasteiger partial charge in [-0.25, -0.2) is 0 Å². The Morgan fingerprint density at radius 1 is 1.41 bits per heavy atom. The molecule has 5 nitrogen and oxygen atoms in total. The molecule has 1 aromatic heterocycles. The van der Waals surface area contributed by atoms with Crippen molar-refractivity contribution < 1.29 is 4.74 Å². The molecule has 1 saturated heterocycles. The standard InChI is InChI=1S/C11H20N4OS/c1-12-11-14-13-10(17-11)8-15(2)7-9-3-5-16-6-4-9/h9H,3-8H2,1-2H3,(H,12,14). The van der Waals surface area contributed by atoms with Gasteiger partial charge in [0.2, 0.25) is 5.13 Å². The second-order valence-electron chi connectivity index (χ2n) is 4.50. The maximum Gasteiger partial charge on any atom is 0.205 e. The summed E-state index contributed by atoms with van der Waals surface area (Å²) in [5, 5.41) is 13.2. The molecule has 0 radical (unpaired) electrons. The quantitative estimate of drug-likeness (QED) is 0.864. The zero-order valence-corrected chi connectivity index (χ0v) is 11.3. The lowest BCUT2D eigenvalue weighted by Gasteiger charge is -2.26. The molecule has 0 amide bonds. The highest BCUT2D eigenvalue weighted by molar-refractivity contribution is 7.15. The SMILES string of the molecule is CNc1nnc(CN(C)CC2CCOCC2)s1. The molecule has 0 saturated carbocycles. The minimum absolute atomic E-state index is 0.769. The van der Waals surface area contributed by atoms with Crippen LogP contribution in [0.2, 0.25) is 0 Å². The lowest BCUT2D eigenvalue weighted by Crippen LogP contribution is -2.29. The van der Waals surface area contributed by atoms with Gasteiger partial charge < -0.3 is 10.1 Å². The number of anilines is 1. The Morgan fingerprint density at radius 3 is 2.82 bits per heavy atom. The second kappa shape index (κ2) is 6.28. The molecular weight excluding hydrogens is 236 g/mol. The average molecular weight is 256 g/mol. The summed E-state index contributed by atoms with van der Waals surface area (Å²) >= 11 is 1.62. The first-order valence-corrected chi connectivity index (χ1v) is 6.86. The maximum atomic E-state index is 5.37. The van der Waals surface area contributed by atoms with E-state index in [-0.39, 0.29) is 0 Å². The van der Waals surface area contributed by atoms with Crippen LogP contribution in [0.15, 0.2) is 0 Å². The fourth-order valence-corrected chi connectivity index (χ4v) is 2.86. The van der Waals surface area contributed by atoms with Gasteiger partial charge in [0, 0.05) is 26.8 Å². The number of hydrogen-bond donors (Lipinski definition) is 1. The van der Waals surface area contributed by atoms with Crippen molar-refractivity contribution in [2.24, 2.45) is 5.92 Å². The van der Waals surface area contributed by atoms with Crippen molar-refractivity contribution in [2.75, 3.05) is 39.2 Å². The maximum absolute atomic E-state index is 5.37. The zero-order valence-electron chi connectivity index (χ0n) is 10.5. The predicted molar refractivity (Wildman–Crippen MR) is 69.3 cm³/mol. The fraction of sp³-hybridized carbons (Fsp3) is 0.818. The molecule has 2 heterocycles. The molecule has 1 aliphatic rings. The van der Waals surface area contributed by atoms with E-state index in [0.717, 1.165) is 42.4 Å². The van der Waals surface area contributed by atoms with Crippen molar-refractivity contribution in [2.45, 2.75) is 19.4 Å². The van der Waals surface area contributed by atoms with Crippen LogP contribution in [0.1, 0.15) is 17.8 Å². The third-order valence-corrected chi connectivity index (χ3v) is 3.92. The molecule has 1 fully saturated rings. The first-order chi connectivity index (χ1) is 8.28. The molecular formula is C11H20N4OS. The van der Waals surface area contributed by atoms with Crippen LogP contribution in [0, 0.1) is 5.92 Å². The highest BCUT2D eigenvalue weighted by Gasteiger charge is 2.16. The van der Waals surface area contributed by atoms with E-state index < -0.39 is 0 Å². The Bertz CT molecular complexity index is 338. The van der Waals surface area contributed by atoms with Crippen molar-refractivity contribution in [3.05, 3.63) is 5.01 Å². The molecule has 1 aliphatic heterocycles. The number of rotatable bonds is 5. The summed E-state index contributed by atoms with van der Waals surface area (Å²) in [6, 6.07) is 0. The minimum Gasteiger partial charge on any atom is -0.381 e. The van der Waals surface area contributed by atoms with Gasteiger partial charge in [0.15, 0.2) is 0 Å². The van der Waals surface area contributed by atoms with Gasteiger partial charge in [-0.05, 0) is 25.8 Å². The Hall–Kier alpha value is -0.720. The van der Waals surface area contributed by atoms with E-state index in [9.17, 15) is 0 Å². The van der Waals surface area contributed by atoms with Crippen LogP contribution in [0.5, 0.6) is 0 Å². The minimum atomic E-state index is 0.769. The van der Waals surface area contributed by atoms with Gasteiger partial charge in [0.05, 0.1) is 6.54 Å². The van der Waals surface area contributed by atoms with Crippen LogP contribution in [0.3, 0.4) is 0 Å². The monoisotopic (exact) mass is 256 g/mol. The van der Waals surface area contributed by atoms with Gasteiger partial charge in [-0.15, -0.1) is 10.2 Å². The van der Waals surface area contributed by atoms with Gasteiger partial charge in [0.1, 0.15) is 5.01 Å². The molecule has 0 atom stereocenters. The average Bonchev–Trinajstić information content (AvgIpc) is 2.78. The number of hydrogen-bond acceptors (Lipinski definition) is 6. The molecule has 6 heteroatoms. The number of aromatic nitrogens is 2. The Kier molecular flexibility index (Phi) is 4.70. The molecule has 96 valence electrons. The van der Waals surface area contributed by atoms with E-state index in [1.807, 2.05) is 7.05 Å². The van der Waals surface area contributed by atoms with Gasteiger partial charge in [0.25, 0.3) is 0 Å². The molecule has 0 bridgehead atoms. The fourth-order valence-electron chi connectivity index (χ4n) is 2.08. The smallest absolute Gasteiger partial charge is 0.205 e. The van der Waals surface area contributed by atoms with E-state index in [4.69, 9.17) is 4.74 Å². The summed E-state index contributed by atoms with van der Waals surface area (Å²) in [6.07, 6.45) is 2.37. The van der Waals surface area contributed by atoms with Crippen molar-refractivity contribution >= 4 is 16.5 Å². The number of nitrogens with one attached hydrogen (secondary N) is 1. The Balaban J connectivity index is 1.77. The van der Waals surface area contributed by atoms with Crippen LogP contribution >= 0.6 is 11.3 Å². The number of nitrogens with zero attached hydrogens (tertiary/aromatic N) is 3. The largest absolute Gasteiger partial charge is 0.381 e. The summed E-state index contributed by atoms with van der Waals surface area (Å²) < 4.78 is 5.37. The summed E-state index contributed by atoms with van der Waals surface area (Å²) in [6.45, 7) is 3.84. The van der Waals surface area contributed by atoms with Crippen LogP contribution in [0.4, 0.5) is 5.13 Å². The molecule has 2 rings (SSSR count). The van der Waals surface area contributed by atoms with Gasteiger partial charge in [-0.2, -0.15) is 0 Å². The molecule has 17 heavy (non-hydrogen) atoms. The third-order valence-electron chi connectivity index (χ3n) is 3.00. The summed E-state index contributed by atoms with van der Waals surface area (Å²) in [7, 11) is 4.02. The third kappa shape index (κ3) is 3.90. The molecule has 0 aromatic carbocycles. The van der Waals surface area contributed by atoms with E-state index in [1.54, 1.807) is 11.3 Å². The zero-order chi connectivity index (χ0) is 12.1. The van der Waals surface area contributed by atoms with Crippen molar-refractivity contribution in [3.63, 3.8) is 0 Å². The van der Waals surface area contributed by atoms with E-state index in [2.05, 4.69) is 27.5 Å². The lowest BCUT2D eigenvalue weighted by molar-refractivity contribution is 0.0549. The molecule has 0 aliphatic carbocycles. The molecule has 0 spiro atoms. The normalized spacial score (nSPS) is 17.6. The topological polar surface area (TPSA) is 50.3 Å². The van der Waals surface area contributed by atoms with Crippen LogP contribution in [-0.2, 0) is 11.3 Å². The van der Waals surface area contributed by atoms with Crippen LogP contribution in [-0.4, -0.2) is 49.0 Å². The Labute approximate surface area is 106 Å². The Morgan fingerprint density at radius 2 is 2.18 bits per heavy atom. The van der Waals surface area contributed by atoms with Crippen molar-refractivity contribution in [3.8, 4) is 0 Å². The van der Waals surface area contributed by atoms with Crippen molar-refractivity contribution in [1.82, 2.24) is 15.1 Å². The molecule has 0 unspecified atom stereocenters. The number of ether oxygens (including phenoxy) is 1. The highest BCUT2D eigenvalue weighted by atomic mass is 32.1. The first-order valence-electron chi connectivity index (χ1n) is 6.04. The summed E-state index contributed by atoms with van der Waals surface area (Å²) in [4.78, 5) is 2.33. The first kappa shape index (κ1) is 12.7.